The number of hydrogen-bond donors (Lipinski definition) is 1. The Bertz CT molecular complexity index is 394. The minimum absolute atomic E-state index is 0.780. The highest BCUT2D eigenvalue weighted by Crippen LogP contribution is 2.36. The van der Waals surface area contributed by atoms with Crippen LogP contribution in [-0.4, -0.2) is 19.1 Å². The van der Waals surface area contributed by atoms with E-state index in [1.165, 1.54) is 50.8 Å². The van der Waals surface area contributed by atoms with E-state index >= 15 is 0 Å². The Hall–Kier alpha value is -1.02. The zero-order chi connectivity index (χ0) is 12.4. The summed E-state index contributed by atoms with van der Waals surface area (Å²) in [6.45, 7) is 2.09. The van der Waals surface area contributed by atoms with Crippen molar-refractivity contribution in [1.29, 1.82) is 0 Å². The molecule has 0 radical (unpaired) electrons. The first-order chi connectivity index (χ1) is 8.88. The lowest BCUT2D eigenvalue weighted by atomic mass is 9.83. The molecule has 3 rings (SSSR count). The average Bonchev–Trinajstić information content (AvgIpc) is 2.84. The molecule has 2 N–H and O–H groups in total. The molecule has 2 aliphatic rings. The van der Waals surface area contributed by atoms with E-state index in [0.717, 1.165) is 18.5 Å². The zero-order valence-corrected chi connectivity index (χ0v) is 11.1. The second-order valence-corrected chi connectivity index (χ2v) is 5.82. The number of para-hydroxylation sites is 1. The predicted octanol–water partition coefficient (Wildman–Crippen LogP) is 2.96. The van der Waals surface area contributed by atoms with Gasteiger partial charge in [0.1, 0.15) is 0 Å². The fraction of sp³-hybridized carbons (Fsp3) is 0.625. The highest BCUT2D eigenvalue weighted by atomic mass is 15.2. The van der Waals surface area contributed by atoms with Gasteiger partial charge in [-0.05, 0) is 62.6 Å². The van der Waals surface area contributed by atoms with E-state index in [0.29, 0.717) is 0 Å². The lowest BCUT2D eigenvalue weighted by Gasteiger charge is -2.36. The maximum absolute atomic E-state index is 5.67. The molecular formula is C16H24N2. The van der Waals surface area contributed by atoms with Crippen LogP contribution in [0.5, 0.6) is 0 Å². The molecule has 0 bridgehead atoms. The van der Waals surface area contributed by atoms with Crippen LogP contribution in [0, 0.1) is 5.92 Å². The van der Waals surface area contributed by atoms with E-state index < -0.39 is 0 Å². The summed E-state index contributed by atoms with van der Waals surface area (Å²) in [6.07, 6.45) is 7.93. The quantitative estimate of drug-likeness (QED) is 0.885. The third-order valence-corrected chi connectivity index (χ3v) is 4.76. The molecule has 1 aliphatic carbocycles. The number of anilines is 1. The van der Waals surface area contributed by atoms with Crippen molar-refractivity contribution in [2.75, 3.05) is 18.0 Å². The van der Waals surface area contributed by atoms with E-state index in [2.05, 4.69) is 29.2 Å². The Morgan fingerprint density at radius 3 is 2.67 bits per heavy atom. The van der Waals surface area contributed by atoms with Crippen molar-refractivity contribution in [2.45, 2.75) is 44.6 Å². The van der Waals surface area contributed by atoms with E-state index in [1.54, 1.807) is 5.56 Å². The summed E-state index contributed by atoms with van der Waals surface area (Å²) in [5.41, 5.74) is 8.71. The lowest BCUT2D eigenvalue weighted by molar-refractivity contribution is 0.305. The van der Waals surface area contributed by atoms with Gasteiger partial charge in [0, 0.05) is 18.3 Å². The molecule has 1 fully saturated rings. The predicted molar refractivity (Wildman–Crippen MR) is 76.9 cm³/mol. The fourth-order valence-corrected chi connectivity index (χ4v) is 3.72. The topological polar surface area (TPSA) is 29.3 Å². The van der Waals surface area contributed by atoms with Gasteiger partial charge in [0.15, 0.2) is 0 Å². The Labute approximate surface area is 110 Å². The summed E-state index contributed by atoms with van der Waals surface area (Å²) >= 11 is 0. The highest BCUT2D eigenvalue weighted by Gasteiger charge is 2.29. The zero-order valence-electron chi connectivity index (χ0n) is 11.1. The molecular weight excluding hydrogens is 220 g/mol. The molecule has 1 aromatic carbocycles. The highest BCUT2D eigenvalue weighted by molar-refractivity contribution is 5.58. The lowest BCUT2D eigenvalue weighted by Crippen LogP contribution is -2.37. The summed E-state index contributed by atoms with van der Waals surface area (Å²) in [5, 5.41) is 0. The maximum atomic E-state index is 5.67. The molecule has 18 heavy (non-hydrogen) atoms. The Kier molecular flexibility index (Phi) is 3.55. The molecule has 1 saturated carbocycles. The van der Waals surface area contributed by atoms with Gasteiger partial charge in [-0.25, -0.2) is 0 Å². The minimum atomic E-state index is 0.780. The second-order valence-electron chi connectivity index (χ2n) is 5.82. The summed E-state index contributed by atoms with van der Waals surface area (Å²) in [4.78, 5) is 2.66. The number of hydrogen-bond acceptors (Lipinski definition) is 2. The largest absolute Gasteiger partial charge is 0.368 e. The molecule has 98 valence electrons. The first kappa shape index (κ1) is 12.0. The van der Waals surface area contributed by atoms with Gasteiger partial charge >= 0.3 is 0 Å². The standard InChI is InChI=1S/C16H24N2/c17-11-9-13-5-7-15(8-6-13)18-12-10-14-3-1-2-4-16(14)18/h1-4,13,15H,5-12,17H2. The van der Waals surface area contributed by atoms with Crippen LogP contribution in [0.2, 0.25) is 0 Å². The Balaban J connectivity index is 1.64. The molecule has 1 aromatic rings. The molecule has 0 atom stereocenters. The van der Waals surface area contributed by atoms with Crippen LogP contribution in [0.4, 0.5) is 5.69 Å². The van der Waals surface area contributed by atoms with E-state index in [-0.39, 0.29) is 0 Å². The van der Waals surface area contributed by atoms with Gasteiger partial charge in [0.25, 0.3) is 0 Å². The molecule has 0 amide bonds. The van der Waals surface area contributed by atoms with Gasteiger partial charge in [-0.2, -0.15) is 0 Å². The van der Waals surface area contributed by atoms with Crippen LogP contribution >= 0.6 is 0 Å². The molecule has 0 spiro atoms. The normalized spacial score (nSPS) is 27.3. The van der Waals surface area contributed by atoms with Gasteiger partial charge in [-0.3, -0.25) is 0 Å². The van der Waals surface area contributed by atoms with Crippen LogP contribution in [0.25, 0.3) is 0 Å². The van der Waals surface area contributed by atoms with Gasteiger partial charge in [0.2, 0.25) is 0 Å². The maximum Gasteiger partial charge on any atom is 0.0402 e. The number of nitrogens with two attached hydrogens (primary N) is 1. The van der Waals surface area contributed by atoms with Crippen molar-refractivity contribution >= 4 is 5.69 Å². The van der Waals surface area contributed by atoms with Crippen molar-refractivity contribution in [3.63, 3.8) is 0 Å². The molecule has 1 heterocycles. The van der Waals surface area contributed by atoms with Crippen LogP contribution in [-0.2, 0) is 6.42 Å². The molecule has 2 nitrogen and oxygen atoms in total. The van der Waals surface area contributed by atoms with Crippen molar-refractivity contribution in [3.05, 3.63) is 29.8 Å². The average molecular weight is 244 g/mol. The molecule has 0 saturated heterocycles. The number of nitrogens with zero attached hydrogens (tertiary/aromatic N) is 1. The number of benzene rings is 1. The first-order valence-corrected chi connectivity index (χ1v) is 7.43. The summed E-state index contributed by atoms with van der Waals surface area (Å²) in [7, 11) is 0. The van der Waals surface area contributed by atoms with Crippen molar-refractivity contribution in [2.24, 2.45) is 11.7 Å². The first-order valence-electron chi connectivity index (χ1n) is 7.43. The molecule has 0 aromatic heterocycles. The number of fused-ring (bicyclic) bond motifs is 1. The third kappa shape index (κ3) is 2.26. The van der Waals surface area contributed by atoms with Crippen LogP contribution in [0.1, 0.15) is 37.7 Å². The van der Waals surface area contributed by atoms with Gasteiger partial charge in [0.05, 0.1) is 0 Å². The Morgan fingerprint density at radius 1 is 1.11 bits per heavy atom. The van der Waals surface area contributed by atoms with Crippen molar-refractivity contribution in [1.82, 2.24) is 0 Å². The monoisotopic (exact) mass is 244 g/mol. The molecule has 1 aliphatic heterocycles. The van der Waals surface area contributed by atoms with Gasteiger partial charge in [-0.15, -0.1) is 0 Å². The molecule has 2 heteroatoms. The smallest absolute Gasteiger partial charge is 0.0402 e. The van der Waals surface area contributed by atoms with E-state index in [9.17, 15) is 0 Å². The minimum Gasteiger partial charge on any atom is -0.368 e. The Morgan fingerprint density at radius 2 is 1.89 bits per heavy atom. The van der Waals surface area contributed by atoms with E-state index in [4.69, 9.17) is 5.73 Å². The second kappa shape index (κ2) is 5.31. The third-order valence-electron chi connectivity index (χ3n) is 4.76. The summed E-state index contributed by atoms with van der Waals surface area (Å²) in [5.74, 6) is 0.893. The van der Waals surface area contributed by atoms with E-state index in [1.807, 2.05) is 0 Å². The van der Waals surface area contributed by atoms with Crippen LogP contribution in [0.3, 0.4) is 0 Å². The van der Waals surface area contributed by atoms with Gasteiger partial charge < -0.3 is 10.6 Å². The number of rotatable bonds is 3. The van der Waals surface area contributed by atoms with Crippen molar-refractivity contribution in [3.8, 4) is 0 Å². The van der Waals surface area contributed by atoms with Gasteiger partial charge in [-0.1, -0.05) is 18.2 Å². The van der Waals surface area contributed by atoms with Crippen LogP contribution in [0.15, 0.2) is 24.3 Å². The summed E-state index contributed by atoms with van der Waals surface area (Å²) in [6, 6.07) is 9.71. The van der Waals surface area contributed by atoms with Crippen LogP contribution < -0.4 is 10.6 Å². The fourth-order valence-electron chi connectivity index (χ4n) is 3.72. The summed E-state index contributed by atoms with van der Waals surface area (Å²) < 4.78 is 0. The van der Waals surface area contributed by atoms with Crippen molar-refractivity contribution < 1.29 is 0 Å². The molecule has 0 unspecified atom stereocenters. The SMILES string of the molecule is NCCC1CCC(N2CCc3ccccc32)CC1.